The maximum Gasteiger partial charge on any atom is 0.303 e. The second-order valence-electron chi connectivity index (χ2n) is 4.49. The molecule has 0 saturated carbocycles. The predicted molar refractivity (Wildman–Crippen MR) is 70.4 cm³/mol. The number of hydrogen-bond donors (Lipinski definition) is 2. The van der Waals surface area contributed by atoms with Crippen molar-refractivity contribution in [1.29, 1.82) is 5.26 Å². The Bertz CT molecular complexity index is 488. The molecule has 0 spiro atoms. The van der Waals surface area contributed by atoms with Gasteiger partial charge in [0.2, 0.25) is 5.91 Å². The summed E-state index contributed by atoms with van der Waals surface area (Å²) in [6.45, 7) is 1.73. The van der Waals surface area contributed by atoms with Crippen molar-refractivity contribution in [2.24, 2.45) is 5.92 Å². The second kappa shape index (κ2) is 7.17. The maximum atomic E-state index is 11.7. The lowest BCUT2D eigenvalue weighted by molar-refractivity contribution is -0.138. The maximum absolute atomic E-state index is 11.7. The zero-order chi connectivity index (χ0) is 14.3. The Kier molecular flexibility index (Phi) is 5.55. The standard InChI is InChI=1S/C14H16N2O3/c1-10(9-14(18)19)8-13(17)16-12-4-2-11(3-5-12)6-7-15/h2-5,10H,6,8-9H2,1H3,(H,16,17)(H,18,19). The smallest absolute Gasteiger partial charge is 0.303 e. The Labute approximate surface area is 111 Å². The van der Waals surface area contributed by atoms with Crippen LogP contribution in [0.3, 0.4) is 0 Å². The van der Waals surface area contributed by atoms with Crippen molar-refractivity contribution in [2.45, 2.75) is 26.2 Å². The predicted octanol–water partition coefficient (Wildman–Crippen LogP) is 2.19. The highest BCUT2D eigenvalue weighted by molar-refractivity contribution is 5.91. The van der Waals surface area contributed by atoms with Crippen molar-refractivity contribution >= 4 is 17.6 Å². The lowest BCUT2D eigenvalue weighted by Gasteiger charge is -2.09. The molecule has 0 aliphatic rings. The number of nitrogens with one attached hydrogen (secondary N) is 1. The average molecular weight is 260 g/mol. The van der Waals surface area contributed by atoms with E-state index in [2.05, 4.69) is 5.32 Å². The molecular formula is C14H16N2O3. The summed E-state index contributed by atoms with van der Waals surface area (Å²) < 4.78 is 0. The highest BCUT2D eigenvalue weighted by Gasteiger charge is 2.12. The van der Waals surface area contributed by atoms with Gasteiger partial charge < -0.3 is 10.4 Å². The van der Waals surface area contributed by atoms with Gasteiger partial charge in [-0.2, -0.15) is 5.26 Å². The summed E-state index contributed by atoms with van der Waals surface area (Å²) in [5.41, 5.74) is 1.54. The Morgan fingerprint density at radius 3 is 2.47 bits per heavy atom. The fraction of sp³-hybridized carbons (Fsp3) is 0.357. The van der Waals surface area contributed by atoms with Crippen molar-refractivity contribution in [1.82, 2.24) is 0 Å². The van der Waals surface area contributed by atoms with Crippen molar-refractivity contribution in [3.63, 3.8) is 0 Å². The first kappa shape index (κ1) is 14.7. The number of carboxylic acid groups (broad SMARTS) is 1. The molecule has 5 heteroatoms. The van der Waals surface area contributed by atoms with E-state index in [1.807, 2.05) is 6.07 Å². The van der Waals surface area contributed by atoms with Gasteiger partial charge in [-0.3, -0.25) is 9.59 Å². The third-order valence-electron chi connectivity index (χ3n) is 2.58. The highest BCUT2D eigenvalue weighted by atomic mass is 16.4. The summed E-state index contributed by atoms with van der Waals surface area (Å²) in [7, 11) is 0. The fourth-order valence-corrected chi connectivity index (χ4v) is 1.70. The number of carbonyl (C=O) groups is 2. The van der Waals surface area contributed by atoms with Gasteiger partial charge in [-0.1, -0.05) is 19.1 Å². The van der Waals surface area contributed by atoms with Gasteiger partial charge in [0.15, 0.2) is 0 Å². The second-order valence-corrected chi connectivity index (χ2v) is 4.49. The molecule has 0 fully saturated rings. The number of hydrogen-bond acceptors (Lipinski definition) is 3. The van der Waals surface area contributed by atoms with Crippen LogP contribution < -0.4 is 5.32 Å². The lowest BCUT2D eigenvalue weighted by atomic mass is 10.0. The SMILES string of the molecule is CC(CC(=O)O)CC(=O)Nc1ccc(CC#N)cc1. The molecule has 1 unspecified atom stereocenters. The normalized spacial score (nSPS) is 11.4. The van der Waals surface area contributed by atoms with Crippen LogP contribution >= 0.6 is 0 Å². The summed E-state index contributed by atoms with van der Waals surface area (Å²) in [4.78, 5) is 22.1. The minimum Gasteiger partial charge on any atom is -0.481 e. The zero-order valence-corrected chi connectivity index (χ0v) is 10.7. The van der Waals surface area contributed by atoms with Gasteiger partial charge in [0.1, 0.15) is 0 Å². The molecule has 1 atom stereocenters. The first-order chi connectivity index (χ1) is 9.01. The molecule has 2 N–H and O–H groups in total. The van der Waals surface area contributed by atoms with Gasteiger partial charge >= 0.3 is 5.97 Å². The van der Waals surface area contributed by atoms with Crippen LogP contribution in [0.4, 0.5) is 5.69 Å². The molecule has 1 aromatic carbocycles. The van der Waals surface area contributed by atoms with Crippen LogP contribution in [0, 0.1) is 17.2 Å². The van der Waals surface area contributed by atoms with Crippen molar-refractivity contribution < 1.29 is 14.7 Å². The van der Waals surface area contributed by atoms with Gasteiger partial charge in [-0.05, 0) is 23.6 Å². The summed E-state index contributed by atoms with van der Waals surface area (Å²) in [5, 5.41) is 19.8. The summed E-state index contributed by atoms with van der Waals surface area (Å²) >= 11 is 0. The number of benzene rings is 1. The molecule has 100 valence electrons. The molecule has 0 aliphatic heterocycles. The topological polar surface area (TPSA) is 90.2 Å². The lowest BCUT2D eigenvalue weighted by Crippen LogP contribution is -2.16. The van der Waals surface area contributed by atoms with E-state index in [-0.39, 0.29) is 24.7 Å². The largest absolute Gasteiger partial charge is 0.481 e. The third kappa shape index (κ3) is 5.68. The molecule has 0 bridgehead atoms. The van der Waals surface area contributed by atoms with E-state index < -0.39 is 5.97 Å². The fourth-order valence-electron chi connectivity index (χ4n) is 1.70. The number of rotatable bonds is 6. The van der Waals surface area contributed by atoms with Crippen LogP contribution in [0.15, 0.2) is 24.3 Å². The van der Waals surface area contributed by atoms with E-state index in [0.717, 1.165) is 5.56 Å². The van der Waals surface area contributed by atoms with Crippen LogP contribution in [0.5, 0.6) is 0 Å². The summed E-state index contributed by atoms with van der Waals surface area (Å²) in [6, 6.07) is 9.06. The molecule has 1 aromatic rings. The molecule has 0 aliphatic carbocycles. The Hall–Kier alpha value is -2.35. The van der Waals surface area contributed by atoms with Crippen molar-refractivity contribution in [3.05, 3.63) is 29.8 Å². The van der Waals surface area contributed by atoms with E-state index >= 15 is 0 Å². The van der Waals surface area contributed by atoms with Gasteiger partial charge in [0.25, 0.3) is 0 Å². The molecular weight excluding hydrogens is 244 g/mol. The molecule has 0 saturated heterocycles. The van der Waals surface area contributed by atoms with Crippen molar-refractivity contribution in [3.8, 4) is 6.07 Å². The molecule has 0 radical (unpaired) electrons. The van der Waals surface area contributed by atoms with E-state index in [1.165, 1.54) is 0 Å². The van der Waals surface area contributed by atoms with Crippen molar-refractivity contribution in [2.75, 3.05) is 5.32 Å². The Morgan fingerprint density at radius 1 is 1.32 bits per heavy atom. The number of carbonyl (C=O) groups excluding carboxylic acids is 1. The number of carboxylic acids is 1. The molecule has 0 aromatic heterocycles. The zero-order valence-electron chi connectivity index (χ0n) is 10.7. The monoisotopic (exact) mass is 260 g/mol. The van der Waals surface area contributed by atoms with E-state index in [4.69, 9.17) is 10.4 Å². The van der Waals surface area contributed by atoms with Gasteiger partial charge in [0, 0.05) is 18.5 Å². The van der Waals surface area contributed by atoms with E-state index in [1.54, 1.807) is 31.2 Å². The number of aliphatic carboxylic acids is 1. The third-order valence-corrected chi connectivity index (χ3v) is 2.58. The first-order valence-electron chi connectivity index (χ1n) is 5.98. The van der Waals surface area contributed by atoms with Crippen LogP contribution in [0.1, 0.15) is 25.3 Å². The summed E-state index contributed by atoms with van der Waals surface area (Å²) in [6.07, 6.45) is 0.491. The quantitative estimate of drug-likeness (QED) is 0.820. The minimum atomic E-state index is -0.902. The van der Waals surface area contributed by atoms with Crippen LogP contribution in [-0.4, -0.2) is 17.0 Å². The highest BCUT2D eigenvalue weighted by Crippen LogP contribution is 2.13. The Morgan fingerprint density at radius 2 is 1.95 bits per heavy atom. The Balaban J connectivity index is 2.48. The van der Waals surface area contributed by atoms with Gasteiger partial charge in [0.05, 0.1) is 12.5 Å². The first-order valence-corrected chi connectivity index (χ1v) is 5.98. The molecule has 1 amide bonds. The van der Waals surface area contributed by atoms with Gasteiger partial charge in [-0.25, -0.2) is 0 Å². The van der Waals surface area contributed by atoms with E-state index in [0.29, 0.717) is 12.1 Å². The molecule has 0 heterocycles. The number of amides is 1. The average Bonchev–Trinajstić information content (AvgIpc) is 2.30. The molecule has 19 heavy (non-hydrogen) atoms. The van der Waals surface area contributed by atoms with E-state index in [9.17, 15) is 9.59 Å². The summed E-state index contributed by atoms with van der Waals surface area (Å²) in [5.74, 6) is -1.31. The van der Waals surface area contributed by atoms with Gasteiger partial charge in [-0.15, -0.1) is 0 Å². The number of nitriles is 1. The van der Waals surface area contributed by atoms with Crippen LogP contribution in [0.25, 0.3) is 0 Å². The number of nitrogens with zero attached hydrogens (tertiary/aromatic N) is 1. The van der Waals surface area contributed by atoms with Crippen LogP contribution in [-0.2, 0) is 16.0 Å². The molecule has 5 nitrogen and oxygen atoms in total. The minimum absolute atomic E-state index is 0.0193. The molecule has 1 rings (SSSR count). The van der Waals surface area contributed by atoms with Crippen LogP contribution in [0.2, 0.25) is 0 Å². The number of anilines is 1.